The van der Waals surface area contributed by atoms with Crippen molar-refractivity contribution >= 4 is 16.9 Å². The maximum Gasteiger partial charge on any atom is 0.303 e. The highest BCUT2D eigenvalue weighted by Crippen LogP contribution is 2.24. The number of fused-ring (bicyclic) bond motifs is 1. The van der Waals surface area contributed by atoms with Gasteiger partial charge in [0.1, 0.15) is 5.75 Å². The van der Waals surface area contributed by atoms with E-state index in [0.29, 0.717) is 0 Å². The Morgan fingerprint density at radius 1 is 1.25 bits per heavy atom. The van der Waals surface area contributed by atoms with Gasteiger partial charge in [-0.05, 0) is 44.0 Å². The number of aliphatic carboxylic acids is 1. The number of rotatable bonds is 7. The Morgan fingerprint density at radius 3 is 2.75 bits per heavy atom. The summed E-state index contributed by atoms with van der Waals surface area (Å²) >= 11 is 0. The van der Waals surface area contributed by atoms with Crippen molar-refractivity contribution in [2.45, 2.75) is 39.2 Å². The Hall–Kier alpha value is -1.97. The number of carbonyl (C=O) groups is 1. The van der Waals surface area contributed by atoms with Crippen LogP contribution in [0, 0.1) is 6.92 Å². The fourth-order valence-electron chi connectivity index (χ4n) is 2.53. The zero-order valence-corrected chi connectivity index (χ0v) is 12.1. The van der Waals surface area contributed by atoms with Crippen LogP contribution in [0.1, 0.15) is 31.4 Å². The van der Waals surface area contributed by atoms with E-state index < -0.39 is 5.97 Å². The Kier molecular flexibility index (Phi) is 4.66. The standard InChI is InChI=1S/C16H21NO3/c1-12-10-13-11-14(20-2)7-8-15(13)17(12)9-5-3-4-6-16(18)19/h7-8,10-11H,3-6,9H2,1-2H3,(H,18,19). The van der Waals surface area contributed by atoms with Crippen LogP contribution in [0.4, 0.5) is 0 Å². The number of aromatic nitrogens is 1. The first-order chi connectivity index (χ1) is 9.61. The molecule has 0 atom stereocenters. The lowest BCUT2D eigenvalue weighted by Crippen LogP contribution is -2.01. The van der Waals surface area contributed by atoms with Crippen molar-refractivity contribution in [1.82, 2.24) is 4.57 Å². The number of unbranched alkanes of at least 4 members (excludes halogenated alkanes) is 2. The van der Waals surface area contributed by atoms with Crippen molar-refractivity contribution in [3.63, 3.8) is 0 Å². The molecular formula is C16H21NO3. The molecule has 2 aromatic rings. The number of hydrogen-bond donors (Lipinski definition) is 1. The van der Waals surface area contributed by atoms with Gasteiger partial charge in [-0.1, -0.05) is 6.42 Å². The van der Waals surface area contributed by atoms with E-state index in [-0.39, 0.29) is 6.42 Å². The maximum atomic E-state index is 10.5. The second-order valence-electron chi connectivity index (χ2n) is 5.07. The Labute approximate surface area is 119 Å². The predicted molar refractivity (Wildman–Crippen MR) is 79.3 cm³/mol. The highest BCUT2D eigenvalue weighted by molar-refractivity contribution is 5.82. The van der Waals surface area contributed by atoms with E-state index in [1.807, 2.05) is 12.1 Å². The zero-order valence-electron chi connectivity index (χ0n) is 12.1. The molecular weight excluding hydrogens is 254 g/mol. The molecule has 0 saturated heterocycles. The van der Waals surface area contributed by atoms with Crippen LogP contribution in [-0.4, -0.2) is 22.8 Å². The molecule has 1 N–H and O–H groups in total. The summed E-state index contributed by atoms with van der Waals surface area (Å²) in [6.07, 6.45) is 2.97. The van der Waals surface area contributed by atoms with Gasteiger partial charge in [-0.15, -0.1) is 0 Å². The quantitative estimate of drug-likeness (QED) is 0.785. The molecule has 0 aliphatic carbocycles. The van der Waals surface area contributed by atoms with Gasteiger partial charge in [-0.3, -0.25) is 4.79 Å². The van der Waals surface area contributed by atoms with Gasteiger partial charge in [-0.2, -0.15) is 0 Å². The highest BCUT2D eigenvalue weighted by atomic mass is 16.5. The molecule has 0 fully saturated rings. The van der Waals surface area contributed by atoms with Crippen molar-refractivity contribution in [1.29, 1.82) is 0 Å². The number of aryl methyl sites for hydroxylation is 2. The molecule has 0 amide bonds. The van der Waals surface area contributed by atoms with Gasteiger partial charge in [0.05, 0.1) is 7.11 Å². The number of ether oxygens (including phenoxy) is 1. The molecule has 1 aromatic heterocycles. The lowest BCUT2D eigenvalue weighted by molar-refractivity contribution is -0.137. The molecule has 0 bridgehead atoms. The second kappa shape index (κ2) is 6.46. The van der Waals surface area contributed by atoms with Crippen LogP contribution in [0.2, 0.25) is 0 Å². The largest absolute Gasteiger partial charge is 0.497 e. The van der Waals surface area contributed by atoms with E-state index >= 15 is 0 Å². The minimum Gasteiger partial charge on any atom is -0.497 e. The van der Waals surface area contributed by atoms with E-state index in [1.54, 1.807) is 7.11 Å². The van der Waals surface area contributed by atoms with Gasteiger partial charge < -0.3 is 14.4 Å². The molecule has 20 heavy (non-hydrogen) atoms. The molecule has 4 nitrogen and oxygen atoms in total. The lowest BCUT2D eigenvalue weighted by atomic mass is 10.2. The average Bonchev–Trinajstić information content (AvgIpc) is 2.73. The van der Waals surface area contributed by atoms with Crippen molar-refractivity contribution in [3.8, 4) is 5.75 Å². The van der Waals surface area contributed by atoms with Crippen LogP contribution in [0.25, 0.3) is 10.9 Å². The molecule has 2 rings (SSSR count). The molecule has 1 heterocycles. The van der Waals surface area contributed by atoms with Crippen LogP contribution >= 0.6 is 0 Å². The first-order valence-electron chi connectivity index (χ1n) is 6.97. The Morgan fingerprint density at radius 2 is 2.05 bits per heavy atom. The summed E-state index contributed by atoms with van der Waals surface area (Å²) in [5.74, 6) is 0.163. The summed E-state index contributed by atoms with van der Waals surface area (Å²) < 4.78 is 7.53. The molecule has 1 aromatic carbocycles. The van der Waals surface area contributed by atoms with Crippen LogP contribution in [0.3, 0.4) is 0 Å². The van der Waals surface area contributed by atoms with Gasteiger partial charge in [0.25, 0.3) is 0 Å². The monoisotopic (exact) mass is 275 g/mol. The first kappa shape index (κ1) is 14.4. The lowest BCUT2D eigenvalue weighted by Gasteiger charge is -2.08. The van der Waals surface area contributed by atoms with Crippen LogP contribution < -0.4 is 4.74 Å². The summed E-state index contributed by atoms with van der Waals surface area (Å²) in [7, 11) is 1.67. The normalized spacial score (nSPS) is 10.9. The molecule has 0 unspecified atom stereocenters. The van der Waals surface area contributed by atoms with Gasteiger partial charge >= 0.3 is 5.97 Å². The fraction of sp³-hybridized carbons (Fsp3) is 0.438. The van der Waals surface area contributed by atoms with Gasteiger partial charge in [-0.25, -0.2) is 0 Å². The number of carboxylic acids is 1. The summed E-state index contributed by atoms with van der Waals surface area (Å²) in [5, 5.41) is 9.80. The smallest absolute Gasteiger partial charge is 0.303 e. The van der Waals surface area contributed by atoms with Crippen LogP contribution in [0.5, 0.6) is 5.75 Å². The SMILES string of the molecule is COc1ccc2c(c1)cc(C)n2CCCCCC(=O)O. The van der Waals surface area contributed by atoms with Gasteiger partial charge in [0.2, 0.25) is 0 Å². The number of benzene rings is 1. The summed E-state index contributed by atoms with van der Waals surface area (Å²) in [5.41, 5.74) is 2.44. The zero-order chi connectivity index (χ0) is 14.5. The third-order valence-corrected chi connectivity index (χ3v) is 3.59. The third kappa shape index (κ3) is 3.32. The fourth-order valence-corrected chi connectivity index (χ4v) is 2.53. The minimum absolute atomic E-state index is 0.266. The number of hydrogen-bond acceptors (Lipinski definition) is 2. The molecule has 4 heteroatoms. The van der Waals surface area contributed by atoms with E-state index in [1.165, 1.54) is 16.6 Å². The van der Waals surface area contributed by atoms with E-state index in [9.17, 15) is 4.79 Å². The molecule has 0 radical (unpaired) electrons. The molecule has 0 aliphatic heterocycles. The van der Waals surface area contributed by atoms with E-state index in [2.05, 4.69) is 23.6 Å². The number of nitrogens with zero attached hydrogens (tertiary/aromatic N) is 1. The Balaban J connectivity index is 2.02. The summed E-state index contributed by atoms with van der Waals surface area (Å²) in [6, 6.07) is 8.26. The maximum absolute atomic E-state index is 10.5. The highest BCUT2D eigenvalue weighted by Gasteiger charge is 2.06. The molecule has 0 saturated carbocycles. The number of methoxy groups -OCH3 is 1. The van der Waals surface area contributed by atoms with Crippen molar-refractivity contribution < 1.29 is 14.6 Å². The van der Waals surface area contributed by atoms with Gasteiger partial charge in [0.15, 0.2) is 0 Å². The minimum atomic E-state index is -0.709. The Bertz CT molecular complexity index is 601. The average molecular weight is 275 g/mol. The summed E-state index contributed by atoms with van der Waals surface area (Å²) in [6.45, 7) is 3.03. The van der Waals surface area contributed by atoms with Crippen molar-refractivity contribution in [2.75, 3.05) is 7.11 Å². The first-order valence-corrected chi connectivity index (χ1v) is 6.97. The predicted octanol–water partition coefficient (Wildman–Crippen LogP) is 3.60. The van der Waals surface area contributed by atoms with Crippen LogP contribution in [-0.2, 0) is 11.3 Å². The van der Waals surface area contributed by atoms with Crippen molar-refractivity contribution in [2.24, 2.45) is 0 Å². The molecule has 0 aliphatic rings. The van der Waals surface area contributed by atoms with Crippen LogP contribution in [0.15, 0.2) is 24.3 Å². The van der Waals surface area contributed by atoms with Gasteiger partial charge in [0, 0.05) is 29.6 Å². The molecule has 108 valence electrons. The third-order valence-electron chi connectivity index (χ3n) is 3.59. The number of carboxylic acid groups (broad SMARTS) is 1. The second-order valence-corrected chi connectivity index (χ2v) is 5.07. The topological polar surface area (TPSA) is 51.5 Å². The van der Waals surface area contributed by atoms with E-state index in [0.717, 1.165) is 31.6 Å². The summed E-state index contributed by atoms with van der Waals surface area (Å²) in [4.78, 5) is 10.5. The molecule has 0 spiro atoms. The van der Waals surface area contributed by atoms with E-state index in [4.69, 9.17) is 9.84 Å². The van der Waals surface area contributed by atoms with Crippen molar-refractivity contribution in [3.05, 3.63) is 30.0 Å².